The summed E-state index contributed by atoms with van der Waals surface area (Å²) in [5.74, 6) is 1.52. The van der Waals surface area contributed by atoms with Crippen LogP contribution >= 0.6 is 34.8 Å². The van der Waals surface area contributed by atoms with E-state index < -0.39 is 0 Å². The Morgan fingerprint density at radius 1 is 0.833 bits per heavy atom. The maximum Gasteiger partial charge on any atom is 0.130 e. The molecule has 150 valence electrons. The quantitative estimate of drug-likeness (QED) is 0.332. The standard InChI is InChI=1S/C24H17Cl3N2O/c1-30-23-10-8-17(25)12-20(23)16-5-2-15(3-6-16)4-11-24-28-14-22(29-24)19-9-7-18(26)13-21(19)27/h2-14H,1H3,(H,28,29). The summed E-state index contributed by atoms with van der Waals surface area (Å²) in [6.45, 7) is 0. The number of aromatic nitrogens is 2. The molecule has 4 aromatic rings. The zero-order valence-electron chi connectivity index (χ0n) is 16.0. The molecule has 3 aromatic carbocycles. The summed E-state index contributed by atoms with van der Waals surface area (Å²) < 4.78 is 5.44. The summed E-state index contributed by atoms with van der Waals surface area (Å²) in [5, 5.41) is 1.83. The Hall–Kier alpha value is -2.72. The highest BCUT2D eigenvalue weighted by molar-refractivity contribution is 6.36. The predicted octanol–water partition coefficient (Wildman–Crippen LogP) is 7.88. The van der Waals surface area contributed by atoms with Crippen LogP contribution in [0.4, 0.5) is 0 Å². The molecule has 0 aliphatic heterocycles. The minimum Gasteiger partial charge on any atom is -0.496 e. The van der Waals surface area contributed by atoms with Crippen LogP contribution in [0.3, 0.4) is 0 Å². The number of hydrogen-bond acceptors (Lipinski definition) is 2. The highest BCUT2D eigenvalue weighted by atomic mass is 35.5. The van der Waals surface area contributed by atoms with Gasteiger partial charge in [0.05, 0.1) is 17.8 Å². The van der Waals surface area contributed by atoms with Gasteiger partial charge in [0.25, 0.3) is 0 Å². The van der Waals surface area contributed by atoms with Crippen LogP contribution in [0.25, 0.3) is 34.5 Å². The molecule has 0 spiro atoms. The van der Waals surface area contributed by atoms with Gasteiger partial charge in [-0.1, -0.05) is 65.1 Å². The van der Waals surface area contributed by atoms with Crippen LogP contribution in [0.5, 0.6) is 5.75 Å². The van der Waals surface area contributed by atoms with Gasteiger partial charge in [0, 0.05) is 27.4 Å². The van der Waals surface area contributed by atoms with E-state index in [1.54, 1.807) is 19.2 Å². The lowest BCUT2D eigenvalue weighted by atomic mass is 10.0. The van der Waals surface area contributed by atoms with Crippen molar-refractivity contribution in [1.82, 2.24) is 9.97 Å². The van der Waals surface area contributed by atoms with Crippen LogP contribution in [0, 0.1) is 0 Å². The molecule has 0 saturated carbocycles. The van der Waals surface area contributed by atoms with Gasteiger partial charge in [-0.2, -0.15) is 0 Å². The van der Waals surface area contributed by atoms with Crippen molar-refractivity contribution in [3.05, 3.63) is 93.3 Å². The van der Waals surface area contributed by atoms with E-state index in [9.17, 15) is 0 Å². The number of benzene rings is 3. The first-order chi connectivity index (χ1) is 14.5. The number of methoxy groups -OCH3 is 1. The van der Waals surface area contributed by atoms with Crippen molar-refractivity contribution in [3.8, 4) is 28.1 Å². The second-order valence-electron chi connectivity index (χ2n) is 6.60. The van der Waals surface area contributed by atoms with Crippen molar-refractivity contribution in [3.63, 3.8) is 0 Å². The lowest BCUT2D eigenvalue weighted by molar-refractivity contribution is 0.416. The molecule has 6 heteroatoms. The van der Waals surface area contributed by atoms with Gasteiger partial charge in [-0.25, -0.2) is 4.98 Å². The molecule has 0 aliphatic carbocycles. The maximum absolute atomic E-state index is 6.27. The molecule has 4 rings (SSSR count). The molecule has 30 heavy (non-hydrogen) atoms. The Kier molecular flexibility index (Phi) is 6.14. The van der Waals surface area contributed by atoms with Crippen molar-refractivity contribution in [2.24, 2.45) is 0 Å². The fourth-order valence-electron chi connectivity index (χ4n) is 3.11. The average molecular weight is 456 g/mol. The van der Waals surface area contributed by atoms with Gasteiger partial charge in [0.15, 0.2) is 0 Å². The fraction of sp³-hybridized carbons (Fsp3) is 0.0417. The van der Waals surface area contributed by atoms with Gasteiger partial charge in [-0.05, 0) is 53.6 Å². The normalized spacial score (nSPS) is 11.2. The SMILES string of the molecule is COc1ccc(Cl)cc1-c1ccc(C=Cc2nc(-c3ccc(Cl)cc3Cl)c[nH]2)cc1. The van der Waals surface area contributed by atoms with Crippen LogP contribution in [-0.4, -0.2) is 17.1 Å². The van der Waals surface area contributed by atoms with Gasteiger partial charge >= 0.3 is 0 Å². The molecule has 0 fully saturated rings. The molecular weight excluding hydrogens is 439 g/mol. The third kappa shape index (κ3) is 4.54. The van der Waals surface area contributed by atoms with Gasteiger partial charge in [0.2, 0.25) is 0 Å². The molecule has 0 amide bonds. The molecule has 0 atom stereocenters. The van der Waals surface area contributed by atoms with E-state index in [0.717, 1.165) is 39.5 Å². The first-order valence-electron chi connectivity index (χ1n) is 9.16. The van der Waals surface area contributed by atoms with Gasteiger partial charge in [-0.3, -0.25) is 0 Å². The number of ether oxygens (including phenoxy) is 1. The Balaban J connectivity index is 1.53. The van der Waals surface area contributed by atoms with Crippen LogP contribution in [-0.2, 0) is 0 Å². The lowest BCUT2D eigenvalue weighted by Gasteiger charge is -2.09. The third-order valence-corrected chi connectivity index (χ3v) is 5.40. The third-order valence-electron chi connectivity index (χ3n) is 4.62. The van der Waals surface area contributed by atoms with E-state index in [0.29, 0.717) is 15.1 Å². The fourth-order valence-corrected chi connectivity index (χ4v) is 3.79. The zero-order valence-corrected chi connectivity index (χ0v) is 18.3. The largest absolute Gasteiger partial charge is 0.496 e. The summed E-state index contributed by atoms with van der Waals surface area (Å²) in [5.41, 5.74) is 4.62. The van der Waals surface area contributed by atoms with E-state index >= 15 is 0 Å². The minimum atomic E-state index is 0.566. The molecule has 0 saturated heterocycles. The van der Waals surface area contributed by atoms with Crippen molar-refractivity contribution in [2.45, 2.75) is 0 Å². The van der Waals surface area contributed by atoms with Crippen LogP contribution in [0.15, 0.2) is 66.9 Å². The van der Waals surface area contributed by atoms with Gasteiger partial charge in [0.1, 0.15) is 11.6 Å². The maximum atomic E-state index is 6.27. The van der Waals surface area contributed by atoms with E-state index in [1.165, 1.54) is 0 Å². The molecular formula is C24H17Cl3N2O. The minimum absolute atomic E-state index is 0.566. The highest BCUT2D eigenvalue weighted by Crippen LogP contribution is 2.33. The van der Waals surface area contributed by atoms with Crippen LogP contribution in [0.1, 0.15) is 11.4 Å². The molecule has 3 nitrogen and oxygen atoms in total. The number of nitrogens with zero attached hydrogens (tertiary/aromatic N) is 1. The number of rotatable bonds is 5. The number of hydrogen-bond donors (Lipinski definition) is 1. The molecule has 0 bridgehead atoms. The second kappa shape index (κ2) is 8.97. The van der Waals surface area contributed by atoms with Gasteiger partial charge in [-0.15, -0.1) is 0 Å². The smallest absolute Gasteiger partial charge is 0.130 e. The molecule has 0 unspecified atom stereocenters. The van der Waals surface area contributed by atoms with E-state index in [1.807, 2.05) is 66.9 Å². The van der Waals surface area contributed by atoms with Crippen molar-refractivity contribution >= 4 is 47.0 Å². The number of nitrogens with one attached hydrogen (secondary N) is 1. The molecule has 1 N–H and O–H groups in total. The van der Waals surface area contributed by atoms with Crippen molar-refractivity contribution < 1.29 is 4.74 Å². The summed E-state index contributed by atoms with van der Waals surface area (Å²) in [7, 11) is 1.65. The summed E-state index contributed by atoms with van der Waals surface area (Å²) in [6, 6.07) is 19.1. The number of halogens is 3. The molecule has 1 heterocycles. The Bertz CT molecular complexity index is 1210. The average Bonchev–Trinajstić information content (AvgIpc) is 3.21. The number of imidazole rings is 1. The van der Waals surface area contributed by atoms with E-state index in [-0.39, 0.29) is 0 Å². The van der Waals surface area contributed by atoms with Crippen LogP contribution < -0.4 is 4.74 Å². The summed E-state index contributed by atoms with van der Waals surface area (Å²) in [6.07, 6.45) is 5.73. The lowest BCUT2D eigenvalue weighted by Crippen LogP contribution is -1.88. The summed E-state index contributed by atoms with van der Waals surface area (Å²) in [4.78, 5) is 7.74. The number of aromatic amines is 1. The predicted molar refractivity (Wildman–Crippen MR) is 126 cm³/mol. The van der Waals surface area contributed by atoms with Crippen molar-refractivity contribution in [2.75, 3.05) is 7.11 Å². The number of H-pyrrole nitrogens is 1. The van der Waals surface area contributed by atoms with E-state index in [2.05, 4.69) is 9.97 Å². The first kappa shape index (κ1) is 20.5. The Morgan fingerprint density at radius 2 is 1.57 bits per heavy atom. The Morgan fingerprint density at radius 3 is 2.30 bits per heavy atom. The molecule has 0 radical (unpaired) electrons. The highest BCUT2D eigenvalue weighted by Gasteiger charge is 2.08. The van der Waals surface area contributed by atoms with Crippen molar-refractivity contribution in [1.29, 1.82) is 0 Å². The Labute approximate surface area is 189 Å². The first-order valence-corrected chi connectivity index (χ1v) is 10.3. The topological polar surface area (TPSA) is 37.9 Å². The second-order valence-corrected chi connectivity index (χ2v) is 7.88. The van der Waals surface area contributed by atoms with Gasteiger partial charge < -0.3 is 9.72 Å². The monoisotopic (exact) mass is 454 g/mol. The van der Waals surface area contributed by atoms with Crippen LogP contribution in [0.2, 0.25) is 15.1 Å². The summed E-state index contributed by atoms with van der Waals surface area (Å²) >= 11 is 18.4. The van der Waals surface area contributed by atoms with E-state index in [4.69, 9.17) is 39.5 Å². The molecule has 1 aromatic heterocycles. The molecule has 0 aliphatic rings. The zero-order chi connectivity index (χ0) is 21.1.